The zero-order valence-corrected chi connectivity index (χ0v) is 9.35. The fraction of sp³-hybridized carbons (Fsp3) is 0.300. The minimum atomic E-state index is -0.843. The zero-order valence-electron chi connectivity index (χ0n) is 8.59. The van der Waals surface area contributed by atoms with Crippen LogP contribution in [0.5, 0.6) is 0 Å². The van der Waals surface area contributed by atoms with Gasteiger partial charge in [0.2, 0.25) is 0 Å². The summed E-state index contributed by atoms with van der Waals surface area (Å²) in [6.07, 6.45) is 1.67. The van der Waals surface area contributed by atoms with E-state index < -0.39 is 5.97 Å². The van der Waals surface area contributed by atoms with E-state index in [-0.39, 0.29) is 12.3 Å². The van der Waals surface area contributed by atoms with Gasteiger partial charge in [-0.3, -0.25) is 4.79 Å². The number of carboxylic acids is 1. The minimum Gasteiger partial charge on any atom is -0.481 e. The summed E-state index contributed by atoms with van der Waals surface area (Å²) in [5, 5.41) is 13.2. The number of aliphatic carboxylic acids is 1. The number of aromatic nitrogens is 3. The Morgan fingerprint density at radius 1 is 1.62 bits per heavy atom. The van der Waals surface area contributed by atoms with E-state index in [0.29, 0.717) is 10.8 Å². The summed E-state index contributed by atoms with van der Waals surface area (Å²) in [5.74, 6) is -0.997. The number of hydrogen-bond donors (Lipinski definition) is 1. The first-order chi connectivity index (χ1) is 7.58. The lowest BCUT2D eigenvalue weighted by molar-refractivity contribution is -0.137. The van der Waals surface area contributed by atoms with Gasteiger partial charge in [-0.05, 0) is 12.1 Å². The molecule has 2 aromatic rings. The number of hydrogen-bond acceptors (Lipinski definition) is 3. The molecule has 5 nitrogen and oxygen atoms in total. The molecule has 16 heavy (non-hydrogen) atoms. The van der Waals surface area contributed by atoms with Crippen molar-refractivity contribution in [3.05, 3.63) is 29.2 Å². The van der Waals surface area contributed by atoms with Gasteiger partial charge in [-0.25, -0.2) is 9.50 Å². The van der Waals surface area contributed by atoms with Gasteiger partial charge in [0.05, 0.1) is 18.3 Å². The second-order valence-electron chi connectivity index (χ2n) is 3.61. The summed E-state index contributed by atoms with van der Waals surface area (Å²) in [6, 6.07) is 3.39. The summed E-state index contributed by atoms with van der Waals surface area (Å²) in [5.41, 5.74) is 1.41. The van der Waals surface area contributed by atoms with Crippen molar-refractivity contribution in [1.82, 2.24) is 14.6 Å². The summed E-state index contributed by atoms with van der Waals surface area (Å²) in [4.78, 5) is 14.8. The Morgan fingerprint density at radius 2 is 2.38 bits per heavy atom. The quantitative estimate of drug-likeness (QED) is 0.889. The summed E-state index contributed by atoms with van der Waals surface area (Å²) in [7, 11) is 0. The Morgan fingerprint density at radius 3 is 3.06 bits per heavy atom. The lowest BCUT2D eigenvalue weighted by Gasteiger charge is -2.07. The molecule has 2 rings (SSSR count). The predicted molar refractivity (Wildman–Crippen MR) is 58.7 cm³/mol. The topological polar surface area (TPSA) is 67.5 Å². The molecule has 0 aliphatic heterocycles. The molecule has 1 unspecified atom stereocenters. The molecule has 0 saturated heterocycles. The second-order valence-corrected chi connectivity index (χ2v) is 4.00. The Kier molecular flexibility index (Phi) is 2.78. The number of halogens is 1. The van der Waals surface area contributed by atoms with Gasteiger partial charge in [0.1, 0.15) is 5.15 Å². The van der Waals surface area contributed by atoms with Crippen molar-refractivity contribution in [1.29, 1.82) is 0 Å². The van der Waals surface area contributed by atoms with Crippen molar-refractivity contribution in [2.45, 2.75) is 19.3 Å². The minimum absolute atomic E-state index is 0.0436. The monoisotopic (exact) mass is 239 g/mol. The Bertz CT molecular complexity index is 538. The molecule has 0 amide bonds. The third-order valence-corrected chi connectivity index (χ3v) is 2.54. The number of imidazole rings is 1. The predicted octanol–water partition coefficient (Wildman–Crippen LogP) is 1.96. The van der Waals surface area contributed by atoms with Crippen molar-refractivity contribution in [3.8, 4) is 0 Å². The third kappa shape index (κ3) is 1.99. The maximum absolute atomic E-state index is 10.6. The first kappa shape index (κ1) is 10.9. The summed E-state index contributed by atoms with van der Waals surface area (Å²) >= 11 is 5.78. The average Bonchev–Trinajstić information content (AvgIpc) is 2.59. The van der Waals surface area contributed by atoms with E-state index >= 15 is 0 Å². The molecule has 6 heteroatoms. The van der Waals surface area contributed by atoms with Gasteiger partial charge in [-0.2, -0.15) is 5.10 Å². The molecule has 0 aliphatic rings. The van der Waals surface area contributed by atoms with Gasteiger partial charge in [0, 0.05) is 5.92 Å². The van der Waals surface area contributed by atoms with Crippen molar-refractivity contribution in [2.75, 3.05) is 0 Å². The van der Waals surface area contributed by atoms with E-state index in [1.807, 2.05) is 6.92 Å². The van der Waals surface area contributed by atoms with Gasteiger partial charge in [0.15, 0.2) is 5.65 Å². The van der Waals surface area contributed by atoms with Crippen LogP contribution >= 0.6 is 11.6 Å². The van der Waals surface area contributed by atoms with Crippen LogP contribution in [0, 0.1) is 0 Å². The van der Waals surface area contributed by atoms with Gasteiger partial charge in [-0.1, -0.05) is 18.5 Å². The molecule has 84 valence electrons. The largest absolute Gasteiger partial charge is 0.481 e. The van der Waals surface area contributed by atoms with Crippen molar-refractivity contribution < 1.29 is 9.90 Å². The molecule has 0 aromatic carbocycles. The highest BCUT2D eigenvalue weighted by Crippen LogP contribution is 2.20. The van der Waals surface area contributed by atoms with Crippen molar-refractivity contribution >= 4 is 23.2 Å². The molecule has 2 heterocycles. The molecule has 0 bridgehead atoms. The highest BCUT2D eigenvalue weighted by atomic mass is 35.5. The highest BCUT2D eigenvalue weighted by molar-refractivity contribution is 6.29. The molecular weight excluding hydrogens is 230 g/mol. The van der Waals surface area contributed by atoms with Crippen LogP contribution in [0.4, 0.5) is 0 Å². The van der Waals surface area contributed by atoms with Crippen LogP contribution in [0.2, 0.25) is 5.15 Å². The number of carboxylic acid groups (broad SMARTS) is 1. The standard InChI is InChI=1S/C10H10ClN3O2/c1-6(4-10(15)16)7-5-12-9-3-2-8(11)13-14(7)9/h2-3,5-6H,4H2,1H3,(H,15,16). The molecule has 0 fully saturated rings. The number of rotatable bonds is 3. The fourth-order valence-corrected chi connectivity index (χ4v) is 1.71. The SMILES string of the molecule is CC(CC(=O)O)c1cnc2ccc(Cl)nn12. The van der Waals surface area contributed by atoms with E-state index in [2.05, 4.69) is 10.1 Å². The Labute approximate surface area is 96.7 Å². The lowest BCUT2D eigenvalue weighted by Crippen LogP contribution is -2.06. The molecular formula is C10H10ClN3O2. The molecule has 0 spiro atoms. The number of nitrogens with zero attached hydrogens (tertiary/aromatic N) is 3. The van der Waals surface area contributed by atoms with Gasteiger partial charge in [0.25, 0.3) is 0 Å². The normalized spacial score (nSPS) is 12.9. The second kappa shape index (κ2) is 4.09. The molecule has 0 saturated carbocycles. The maximum Gasteiger partial charge on any atom is 0.304 e. The van der Waals surface area contributed by atoms with Crippen LogP contribution in [-0.4, -0.2) is 25.7 Å². The number of fused-ring (bicyclic) bond motifs is 1. The van der Waals surface area contributed by atoms with Crippen LogP contribution in [-0.2, 0) is 4.79 Å². The molecule has 0 aliphatic carbocycles. The van der Waals surface area contributed by atoms with Crippen LogP contribution in [0.15, 0.2) is 18.3 Å². The summed E-state index contributed by atoms with van der Waals surface area (Å²) < 4.78 is 1.58. The van der Waals surface area contributed by atoms with Crippen LogP contribution in [0.25, 0.3) is 5.65 Å². The summed E-state index contributed by atoms with van der Waals surface area (Å²) in [6.45, 7) is 1.82. The van der Waals surface area contributed by atoms with E-state index in [0.717, 1.165) is 5.69 Å². The van der Waals surface area contributed by atoms with Gasteiger partial charge in [-0.15, -0.1) is 0 Å². The van der Waals surface area contributed by atoms with Crippen LogP contribution in [0.3, 0.4) is 0 Å². The Hall–Kier alpha value is -1.62. The smallest absolute Gasteiger partial charge is 0.304 e. The zero-order chi connectivity index (χ0) is 11.7. The van der Waals surface area contributed by atoms with Crippen LogP contribution in [0.1, 0.15) is 25.0 Å². The molecule has 1 N–H and O–H groups in total. The first-order valence-electron chi connectivity index (χ1n) is 4.80. The van der Waals surface area contributed by atoms with Gasteiger partial charge < -0.3 is 5.11 Å². The van der Waals surface area contributed by atoms with E-state index in [1.54, 1.807) is 22.8 Å². The van der Waals surface area contributed by atoms with E-state index in [9.17, 15) is 4.79 Å². The van der Waals surface area contributed by atoms with E-state index in [1.165, 1.54) is 0 Å². The fourth-order valence-electron chi connectivity index (χ4n) is 1.57. The van der Waals surface area contributed by atoms with E-state index in [4.69, 9.17) is 16.7 Å². The number of carbonyl (C=O) groups is 1. The maximum atomic E-state index is 10.6. The van der Waals surface area contributed by atoms with Crippen molar-refractivity contribution in [3.63, 3.8) is 0 Å². The average molecular weight is 240 g/mol. The third-order valence-electron chi connectivity index (χ3n) is 2.34. The van der Waals surface area contributed by atoms with Crippen molar-refractivity contribution in [2.24, 2.45) is 0 Å². The first-order valence-corrected chi connectivity index (χ1v) is 5.17. The highest BCUT2D eigenvalue weighted by Gasteiger charge is 2.15. The molecule has 1 atom stereocenters. The Balaban J connectivity index is 2.44. The van der Waals surface area contributed by atoms with Crippen LogP contribution < -0.4 is 0 Å². The van der Waals surface area contributed by atoms with Gasteiger partial charge >= 0.3 is 5.97 Å². The molecule has 0 radical (unpaired) electrons. The lowest BCUT2D eigenvalue weighted by atomic mass is 10.1. The molecule has 2 aromatic heterocycles.